The third-order valence-corrected chi connectivity index (χ3v) is 3.17. The van der Waals surface area contributed by atoms with Crippen LogP contribution in [0.4, 0.5) is 0 Å². The molecule has 1 fully saturated rings. The summed E-state index contributed by atoms with van der Waals surface area (Å²) in [5, 5.41) is 3.21. The Labute approximate surface area is 82.3 Å². The van der Waals surface area contributed by atoms with Crippen molar-refractivity contribution in [1.29, 1.82) is 0 Å². The first kappa shape index (κ1) is 11.0. The Bertz CT molecular complexity index is 139. The van der Waals surface area contributed by atoms with Gasteiger partial charge >= 0.3 is 0 Å². The number of hydrogen-bond acceptors (Lipinski definition) is 2. The average molecular weight is 186 g/mol. The topological polar surface area (TPSA) is 15.3 Å². The first-order chi connectivity index (χ1) is 6.16. The summed E-state index contributed by atoms with van der Waals surface area (Å²) >= 11 is 0. The molecule has 1 saturated heterocycles. The Kier molecular flexibility index (Phi) is 4.16. The van der Waals surface area contributed by atoms with Crippen molar-refractivity contribution in [3.63, 3.8) is 0 Å². The van der Waals surface area contributed by atoms with E-state index in [1.54, 1.807) is 0 Å². The van der Waals surface area contributed by atoms with Gasteiger partial charge in [0.05, 0.1) is 26.7 Å². The minimum absolute atomic E-state index is 1.16. The van der Waals surface area contributed by atoms with Crippen molar-refractivity contribution in [3.05, 3.63) is 0 Å². The molecular formula is C10H24N3+. The summed E-state index contributed by atoms with van der Waals surface area (Å²) in [7, 11) is 6.64. The van der Waals surface area contributed by atoms with Gasteiger partial charge in [0, 0.05) is 26.1 Å². The van der Waals surface area contributed by atoms with Crippen molar-refractivity contribution in [3.8, 4) is 0 Å². The van der Waals surface area contributed by atoms with Crippen LogP contribution >= 0.6 is 0 Å². The van der Waals surface area contributed by atoms with Crippen LogP contribution in [0.3, 0.4) is 0 Å². The SMILES string of the molecule is CNCCC[N+]1(C)CCN(C)CC1. The van der Waals surface area contributed by atoms with Gasteiger partial charge in [0.15, 0.2) is 0 Å². The zero-order valence-corrected chi connectivity index (χ0v) is 9.34. The number of likely N-dealkylation sites (N-methyl/N-ethyl adjacent to an activating group) is 2. The van der Waals surface area contributed by atoms with Crippen LogP contribution in [0.1, 0.15) is 6.42 Å². The van der Waals surface area contributed by atoms with Gasteiger partial charge in [-0.05, 0) is 14.1 Å². The molecule has 0 aromatic rings. The van der Waals surface area contributed by atoms with Gasteiger partial charge in [-0.2, -0.15) is 0 Å². The van der Waals surface area contributed by atoms with Crippen molar-refractivity contribution >= 4 is 0 Å². The van der Waals surface area contributed by atoms with Crippen molar-refractivity contribution in [1.82, 2.24) is 10.2 Å². The quantitative estimate of drug-likeness (QED) is 0.491. The summed E-state index contributed by atoms with van der Waals surface area (Å²) in [6, 6.07) is 0. The number of nitrogens with one attached hydrogen (secondary N) is 1. The van der Waals surface area contributed by atoms with Crippen LogP contribution < -0.4 is 5.32 Å². The lowest BCUT2D eigenvalue weighted by molar-refractivity contribution is -0.913. The molecule has 0 aliphatic carbocycles. The van der Waals surface area contributed by atoms with E-state index in [0.29, 0.717) is 0 Å². The molecule has 0 aromatic carbocycles. The van der Waals surface area contributed by atoms with Gasteiger partial charge in [0.2, 0.25) is 0 Å². The molecule has 1 aliphatic heterocycles. The monoisotopic (exact) mass is 186 g/mol. The number of nitrogens with zero attached hydrogens (tertiary/aromatic N) is 2. The van der Waals surface area contributed by atoms with Crippen LogP contribution in [0.2, 0.25) is 0 Å². The highest BCUT2D eigenvalue weighted by Gasteiger charge is 2.25. The van der Waals surface area contributed by atoms with E-state index in [4.69, 9.17) is 0 Å². The molecule has 0 unspecified atom stereocenters. The van der Waals surface area contributed by atoms with Gasteiger partial charge in [-0.1, -0.05) is 0 Å². The van der Waals surface area contributed by atoms with Crippen LogP contribution in [0.25, 0.3) is 0 Å². The maximum Gasteiger partial charge on any atom is 0.0914 e. The van der Waals surface area contributed by atoms with Gasteiger partial charge in [0.25, 0.3) is 0 Å². The van der Waals surface area contributed by atoms with Gasteiger partial charge in [0.1, 0.15) is 0 Å². The summed E-state index contributed by atoms with van der Waals surface area (Å²) in [5.41, 5.74) is 0. The first-order valence-corrected chi connectivity index (χ1v) is 5.33. The van der Waals surface area contributed by atoms with E-state index in [1.165, 1.54) is 43.6 Å². The van der Waals surface area contributed by atoms with E-state index < -0.39 is 0 Å². The molecule has 78 valence electrons. The second kappa shape index (κ2) is 4.94. The molecule has 1 rings (SSSR count). The predicted octanol–water partition coefficient (Wildman–Crippen LogP) is -0.0121. The summed E-state index contributed by atoms with van der Waals surface area (Å²) < 4.78 is 1.27. The molecule has 0 aromatic heterocycles. The Morgan fingerprint density at radius 1 is 1.31 bits per heavy atom. The highest BCUT2D eigenvalue weighted by molar-refractivity contribution is 4.58. The van der Waals surface area contributed by atoms with Crippen molar-refractivity contribution < 1.29 is 4.48 Å². The molecule has 0 saturated carbocycles. The van der Waals surface area contributed by atoms with E-state index in [2.05, 4.69) is 24.3 Å². The molecule has 3 nitrogen and oxygen atoms in total. The van der Waals surface area contributed by atoms with Crippen molar-refractivity contribution in [2.75, 3.05) is 60.4 Å². The van der Waals surface area contributed by atoms with E-state index in [-0.39, 0.29) is 0 Å². The number of hydrogen-bond donors (Lipinski definition) is 1. The van der Waals surface area contributed by atoms with E-state index >= 15 is 0 Å². The highest BCUT2D eigenvalue weighted by atomic mass is 15.4. The zero-order chi connectivity index (χ0) is 9.73. The summed E-state index contributed by atoms with van der Waals surface area (Å²) in [5.74, 6) is 0. The standard InChI is InChI=1S/C10H24N3/c1-11-5-4-8-13(3)9-6-12(2)7-10-13/h11H,4-10H2,1-3H3/q+1. The fourth-order valence-electron chi connectivity index (χ4n) is 1.91. The van der Waals surface area contributed by atoms with Crippen LogP contribution in [0.15, 0.2) is 0 Å². The average Bonchev–Trinajstić information content (AvgIpc) is 2.12. The Hall–Kier alpha value is -0.120. The van der Waals surface area contributed by atoms with Crippen molar-refractivity contribution in [2.45, 2.75) is 6.42 Å². The first-order valence-electron chi connectivity index (χ1n) is 5.33. The Balaban J connectivity index is 2.22. The van der Waals surface area contributed by atoms with Crippen molar-refractivity contribution in [2.24, 2.45) is 0 Å². The molecule has 1 aliphatic rings. The van der Waals surface area contributed by atoms with Gasteiger partial charge in [-0.15, -0.1) is 0 Å². The lowest BCUT2D eigenvalue weighted by Gasteiger charge is -2.41. The normalized spacial score (nSPS) is 23.3. The van der Waals surface area contributed by atoms with Crippen LogP contribution in [-0.2, 0) is 0 Å². The summed E-state index contributed by atoms with van der Waals surface area (Å²) in [4.78, 5) is 2.43. The number of piperazine rings is 1. The maximum absolute atomic E-state index is 3.21. The second-order valence-corrected chi connectivity index (χ2v) is 4.55. The third kappa shape index (κ3) is 3.63. The maximum atomic E-state index is 3.21. The Morgan fingerprint density at radius 2 is 1.92 bits per heavy atom. The molecule has 0 radical (unpaired) electrons. The fraction of sp³-hybridized carbons (Fsp3) is 1.00. The van der Waals surface area contributed by atoms with E-state index in [9.17, 15) is 0 Å². The highest BCUT2D eigenvalue weighted by Crippen LogP contribution is 2.09. The predicted molar refractivity (Wildman–Crippen MR) is 56.8 cm³/mol. The molecule has 0 atom stereocenters. The van der Waals surface area contributed by atoms with Gasteiger partial charge in [-0.25, -0.2) is 0 Å². The molecule has 0 amide bonds. The molecule has 3 heteroatoms. The molecule has 0 bridgehead atoms. The second-order valence-electron chi connectivity index (χ2n) is 4.55. The molecule has 1 heterocycles. The lowest BCUT2D eigenvalue weighted by atomic mass is 10.2. The minimum Gasteiger partial charge on any atom is -0.324 e. The molecular weight excluding hydrogens is 162 g/mol. The smallest absolute Gasteiger partial charge is 0.0914 e. The van der Waals surface area contributed by atoms with Crippen LogP contribution in [0.5, 0.6) is 0 Å². The molecule has 1 N–H and O–H groups in total. The lowest BCUT2D eigenvalue weighted by Crippen LogP contribution is -2.56. The summed E-state index contributed by atoms with van der Waals surface area (Å²) in [6.07, 6.45) is 1.30. The third-order valence-electron chi connectivity index (χ3n) is 3.17. The van der Waals surface area contributed by atoms with Crippen LogP contribution in [0, 0.1) is 0 Å². The Morgan fingerprint density at radius 3 is 2.46 bits per heavy atom. The fourth-order valence-corrected chi connectivity index (χ4v) is 1.91. The van der Waals surface area contributed by atoms with Gasteiger partial charge < -0.3 is 9.80 Å². The largest absolute Gasteiger partial charge is 0.324 e. The number of rotatable bonds is 4. The van der Waals surface area contributed by atoms with E-state index in [1.807, 2.05) is 7.05 Å². The van der Waals surface area contributed by atoms with Gasteiger partial charge in [-0.3, -0.25) is 4.90 Å². The molecule has 0 spiro atoms. The zero-order valence-electron chi connectivity index (χ0n) is 9.34. The molecule has 13 heavy (non-hydrogen) atoms. The summed E-state index contributed by atoms with van der Waals surface area (Å²) in [6.45, 7) is 7.64. The van der Waals surface area contributed by atoms with E-state index in [0.717, 1.165) is 6.54 Å². The number of quaternary nitrogens is 1. The van der Waals surface area contributed by atoms with Crippen LogP contribution in [-0.4, -0.2) is 69.8 Å². The minimum atomic E-state index is 1.16.